The maximum absolute atomic E-state index is 11.9. The molecule has 2 N–H and O–H groups in total. The highest BCUT2D eigenvalue weighted by Crippen LogP contribution is 2.17. The van der Waals surface area contributed by atoms with Crippen molar-refractivity contribution in [1.29, 1.82) is 0 Å². The normalized spacial score (nSPS) is 17.0. The van der Waals surface area contributed by atoms with E-state index < -0.39 is 0 Å². The highest BCUT2D eigenvalue weighted by Gasteiger charge is 2.28. The van der Waals surface area contributed by atoms with Crippen LogP contribution in [0.25, 0.3) is 0 Å². The summed E-state index contributed by atoms with van der Waals surface area (Å²) in [5, 5.41) is 6.21. The molecular weight excluding hydrogens is 244 g/mol. The summed E-state index contributed by atoms with van der Waals surface area (Å²) in [6.07, 6.45) is 2.06. The number of carbonyl (C=O) groups excluding carboxylic acids is 1. The number of carbonyl (C=O) groups is 1. The molecule has 1 aliphatic heterocycles. The standard InChI is InChI=1S/C14H20N2OS/c1-10(12-8-15-9-12)14(17)16-7-11-3-5-13(18-2)6-4-11/h3-6,10,12,15H,7-9H2,1-2H3,(H,16,17). The molecule has 18 heavy (non-hydrogen) atoms. The Bertz CT molecular complexity index is 401. The molecule has 2 rings (SSSR count). The van der Waals surface area contributed by atoms with Gasteiger partial charge in [0.25, 0.3) is 0 Å². The average molecular weight is 264 g/mol. The fraction of sp³-hybridized carbons (Fsp3) is 0.500. The summed E-state index contributed by atoms with van der Waals surface area (Å²) in [4.78, 5) is 13.2. The molecule has 1 aromatic carbocycles. The second-order valence-corrected chi connectivity index (χ2v) is 5.65. The molecule has 0 radical (unpaired) electrons. The van der Waals surface area contributed by atoms with Gasteiger partial charge in [0, 0.05) is 17.4 Å². The lowest BCUT2D eigenvalue weighted by Crippen LogP contribution is -2.49. The molecule has 1 atom stereocenters. The van der Waals surface area contributed by atoms with Crippen molar-refractivity contribution in [2.45, 2.75) is 18.4 Å². The molecule has 0 bridgehead atoms. The Morgan fingerprint density at radius 2 is 2.11 bits per heavy atom. The van der Waals surface area contributed by atoms with E-state index >= 15 is 0 Å². The summed E-state index contributed by atoms with van der Waals surface area (Å²) in [6, 6.07) is 8.32. The molecule has 0 spiro atoms. The molecule has 1 saturated heterocycles. The summed E-state index contributed by atoms with van der Waals surface area (Å²) in [5.41, 5.74) is 1.15. The van der Waals surface area contributed by atoms with Gasteiger partial charge in [0.1, 0.15) is 0 Å². The summed E-state index contributed by atoms with van der Waals surface area (Å²) < 4.78 is 0. The minimum atomic E-state index is 0.108. The summed E-state index contributed by atoms with van der Waals surface area (Å²) in [5.74, 6) is 0.774. The number of hydrogen-bond donors (Lipinski definition) is 2. The van der Waals surface area contributed by atoms with Crippen molar-refractivity contribution >= 4 is 17.7 Å². The van der Waals surface area contributed by atoms with E-state index in [1.54, 1.807) is 11.8 Å². The SMILES string of the molecule is CSc1ccc(CNC(=O)C(C)C2CNC2)cc1. The van der Waals surface area contributed by atoms with Gasteiger partial charge in [-0.05, 0) is 43.0 Å². The van der Waals surface area contributed by atoms with E-state index in [-0.39, 0.29) is 11.8 Å². The number of hydrogen-bond acceptors (Lipinski definition) is 3. The van der Waals surface area contributed by atoms with Gasteiger partial charge in [-0.2, -0.15) is 0 Å². The van der Waals surface area contributed by atoms with E-state index in [9.17, 15) is 4.79 Å². The van der Waals surface area contributed by atoms with E-state index in [1.807, 2.05) is 6.92 Å². The van der Waals surface area contributed by atoms with Crippen LogP contribution >= 0.6 is 11.8 Å². The van der Waals surface area contributed by atoms with E-state index in [4.69, 9.17) is 0 Å². The van der Waals surface area contributed by atoms with Crippen molar-refractivity contribution in [3.63, 3.8) is 0 Å². The molecule has 0 aromatic heterocycles. The number of benzene rings is 1. The van der Waals surface area contributed by atoms with Gasteiger partial charge in [-0.1, -0.05) is 19.1 Å². The molecule has 98 valence electrons. The lowest BCUT2D eigenvalue weighted by atomic mass is 9.88. The lowest BCUT2D eigenvalue weighted by molar-refractivity contribution is -0.126. The topological polar surface area (TPSA) is 41.1 Å². The molecule has 1 heterocycles. The molecule has 4 heteroatoms. The van der Waals surface area contributed by atoms with Gasteiger partial charge < -0.3 is 10.6 Å². The number of amides is 1. The van der Waals surface area contributed by atoms with Crippen LogP contribution in [-0.4, -0.2) is 25.3 Å². The van der Waals surface area contributed by atoms with Crippen LogP contribution < -0.4 is 10.6 Å². The number of nitrogens with one attached hydrogen (secondary N) is 2. The van der Waals surface area contributed by atoms with Crippen LogP contribution in [0.5, 0.6) is 0 Å². The van der Waals surface area contributed by atoms with Crippen molar-refractivity contribution in [2.24, 2.45) is 11.8 Å². The molecule has 3 nitrogen and oxygen atoms in total. The Labute approximate surface area is 113 Å². The summed E-state index contributed by atoms with van der Waals surface area (Å²) in [7, 11) is 0. The van der Waals surface area contributed by atoms with Gasteiger partial charge in [-0.15, -0.1) is 11.8 Å². The molecule has 1 amide bonds. The van der Waals surface area contributed by atoms with Gasteiger partial charge in [0.15, 0.2) is 0 Å². The van der Waals surface area contributed by atoms with E-state index in [0.717, 1.165) is 18.7 Å². The zero-order chi connectivity index (χ0) is 13.0. The monoisotopic (exact) mass is 264 g/mol. The summed E-state index contributed by atoms with van der Waals surface area (Å²) >= 11 is 1.73. The number of rotatable bonds is 5. The average Bonchev–Trinajstić information content (AvgIpc) is 2.34. The second-order valence-electron chi connectivity index (χ2n) is 4.77. The number of thioether (sulfide) groups is 1. The van der Waals surface area contributed by atoms with Gasteiger partial charge in [0.2, 0.25) is 5.91 Å². The van der Waals surface area contributed by atoms with Gasteiger partial charge in [-0.25, -0.2) is 0 Å². The maximum atomic E-state index is 11.9. The van der Waals surface area contributed by atoms with E-state index in [0.29, 0.717) is 12.5 Å². The first-order valence-corrected chi connectivity index (χ1v) is 7.54. The largest absolute Gasteiger partial charge is 0.352 e. The molecular formula is C14H20N2OS. The van der Waals surface area contributed by atoms with Gasteiger partial charge >= 0.3 is 0 Å². The fourth-order valence-electron chi connectivity index (χ4n) is 1.97. The quantitative estimate of drug-likeness (QED) is 0.798. The van der Waals surface area contributed by atoms with Gasteiger partial charge in [-0.3, -0.25) is 4.79 Å². The third kappa shape index (κ3) is 3.27. The third-order valence-corrected chi connectivity index (χ3v) is 4.30. The third-order valence-electron chi connectivity index (χ3n) is 3.56. The Morgan fingerprint density at radius 1 is 1.44 bits per heavy atom. The van der Waals surface area contributed by atoms with Crippen LogP contribution in [0.1, 0.15) is 12.5 Å². The zero-order valence-corrected chi connectivity index (χ0v) is 11.7. The van der Waals surface area contributed by atoms with E-state index in [2.05, 4.69) is 41.2 Å². The predicted octanol–water partition coefficient (Wildman–Crippen LogP) is 1.88. The minimum absolute atomic E-state index is 0.108. The zero-order valence-electron chi connectivity index (χ0n) is 10.9. The van der Waals surface area contributed by atoms with Gasteiger partial charge in [0.05, 0.1) is 0 Å². The first-order valence-electron chi connectivity index (χ1n) is 6.32. The molecule has 1 fully saturated rings. The Kier molecular flexibility index (Phi) is 4.66. The molecule has 1 aliphatic rings. The van der Waals surface area contributed by atoms with Crippen LogP contribution in [0, 0.1) is 11.8 Å². The van der Waals surface area contributed by atoms with Crippen LogP contribution in [-0.2, 0) is 11.3 Å². The highest BCUT2D eigenvalue weighted by atomic mass is 32.2. The Hall–Kier alpha value is -1.00. The highest BCUT2D eigenvalue weighted by molar-refractivity contribution is 7.98. The van der Waals surface area contributed by atoms with Crippen LogP contribution in [0.2, 0.25) is 0 Å². The van der Waals surface area contributed by atoms with Crippen molar-refractivity contribution < 1.29 is 4.79 Å². The Balaban J connectivity index is 1.80. The molecule has 1 unspecified atom stereocenters. The van der Waals surface area contributed by atoms with Crippen molar-refractivity contribution in [2.75, 3.05) is 19.3 Å². The van der Waals surface area contributed by atoms with E-state index in [1.165, 1.54) is 4.90 Å². The van der Waals surface area contributed by atoms with Crippen molar-refractivity contribution in [3.8, 4) is 0 Å². The second kappa shape index (κ2) is 6.25. The smallest absolute Gasteiger partial charge is 0.223 e. The lowest BCUT2D eigenvalue weighted by Gasteiger charge is -2.31. The molecule has 0 saturated carbocycles. The molecule has 0 aliphatic carbocycles. The Morgan fingerprint density at radius 3 is 2.61 bits per heavy atom. The van der Waals surface area contributed by atoms with Crippen molar-refractivity contribution in [1.82, 2.24) is 10.6 Å². The molecule has 1 aromatic rings. The maximum Gasteiger partial charge on any atom is 0.223 e. The minimum Gasteiger partial charge on any atom is -0.352 e. The predicted molar refractivity (Wildman–Crippen MR) is 75.6 cm³/mol. The first-order chi connectivity index (χ1) is 8.70. The van der Waals surface area contributed by atoms with Crippen molar-refractivity contribution in [3.05, 3.63) is 29.8 Å². The van der Waals surface area contributed by atoms with Crippen LogP contribution in [0.15, 0.2) is 29.2 Å². The first kappa shape index (κ1) is 13.4. The van der Waals surface area contributed by atoms with Crippen LogP contribution in [0.3, 0.4) is 0 Å². The fourth-order valence-corrected chi connectivity index (χ4v) is 2.38. The van der Waals surface area contributed by atoms with Crippen LogP contribution in [0.4, 0.5) is 0 Å². The summed E-state index contributed by atoms with van der Waals surface area (Å²) in [6.45, 7) is 4.57.